The van der Waals surface area contributed by atoms with Crippen LogP contribution in [0.1, 0.15) is 19.8 Å². The van der Waals surface area contributed by atoms with Crippen LogP contribution in [0, 0.1) is 0 Å². The number of alkyl halides is 2. The average molecular weight is 307 g/mol. The van der Waals surface area contributed by atoms with Gasteiger partial charge < -0.3 is 10.1 Å². The summed E-state index contributed by atoms with van der Waals surface area (Å²) in [5.74, 6) is -3.39. The van der Waals surface area contributed by atoms with E-state index in [2.05, 4.69) is 5.32 Å². The maximum absolute atomic E-state index is 12.3. The Morgan fingerprint density at radius 2 is 1.85 bits per heavy atom. The Kier molecular flexibility index (Phi) is 6.87. The number of hydrogen-bond donors (Lipinski definition) is 1. The summed E-state index contributed by atoms with van der Waals surface area (Å²) < 4.78 is 52.4. The fraction of sp³-hybridized carbons (Fsp3) is 0.538. The number of nitrogens with one attached hydrogen (secondary N) is 1. The average Bonchev–Trinajstić information content (AvgIpc) is 2.43. The van der Waals surface area contributed by atoms with Crippen LogP contribution < -0.4 is 5.32 Å². The number of anilines is 1. The lowest BCUT2D eigenvalue weighted by molar-refractivity contribution is 0.134. The monoisotopic (exact) mass is 307 g/mol. The van der Waals surface area contributed by atoms with Gasteiger partial charge in [-0.25, -0.2) is 8.42 Å². The number of ether oxygens (including phenoxy) is 1. The van der Waals surface area contributed by atoms with E-state index in [9.17, 15) is 17.2 Å². The van der Waals surface area contributed by atoms with Gasteiger partial charge in [0.05, 0.1) is 4.90 Å². The van der Waals surface area contributed by atoms with Gasteiger partial charge >= 0.3 is 5.76 Å². The third kappa shape index (κ3) is 5.05. The second-order valence-electron chi connectivity index (χ2n) is 4.22. The molecule has 1 aromatic carbocycles. The lowest BCUT2D eigenvalue weighted by atomic mass is 10.3. The molecule has 0 amide bonds. The molecule has 0 aliphatic carbocycles. The first-order valence-corrected chi connectivity index (χ1v) is 7.97. The van der Waals surface area contributed by atoms with E-state index < -0.39 is 15.6 Å². The molecule has 0 atom stereocenters. The fourth-order valence-corrected chi connectivity index (χ4v) is 2.24. The van der Waals surface area contributed by atoms with Crippen molar-refractivity contribution in [3.63, 3.8) is 0 Å². The van der Waals surface area contributed by atoms with Gasteiger partial charge in [0, 0.05) is 25.4 Å². The topological polar surface area (TPSA) is 55.4 Å². The zero-order valence-corrected chi connectivity index (χ0v) is 12.1. The summed E-state index contributed by atoms with van der Waals surface area (Å²) in [7, 11) is -4.51. The van der Waals surface area contributed by atoms with Gasteiger partial charge in [-0.2, -0.15) is 8.78 Å². The van der Waals surface area contributed by atoms with E-state index in [0.717, 1.165) is 19.4 Å². The molecule has 0 unspecified atom stereocenters. The molecule has 1 N–H and O–H groups in total. The van der Waals surface area contributed by atoms with Crippen molar-refractivity contribution >= 4 is 15.5 Å². The van der Waals surface area contributed by atoms with Gasteiger partial charge in [0.2, 0.25) is 9.84 Å². The first-order chi connectivity index (χ1) is 9.48. The highest BCUT2D eigenvalue weighted by Crippen LogP contribution is 2.20. The van der Waals surface area contributed by atoms with E-state index in [0.29, 0.717) is 18.8 Å². The highest BCUT2D eigenvalue weighted by Gasteiger charge is 2.26. The summed E-state index contributed by atoms with van der Waals surface area (Å²) in [5.41, 5.74) is 0.689. The Balaban J connectivity index is 2.44. The number of sulfone groups is 1. The molecule has 0 heterocycles. The van der Waals surface area contributed by atoms with Crippen LogP contribution in [-0.4, -0.2) is 33.9 Å². The van der Waals surface area contributed by atoms with E-state index in [1.807, 2.05) is 6.92 Å². The number of benzene rings is 1. The quantitative estimate of drug-likeness (QED) is 0.713. The van der Waals surface area contributed by atoms with Crippen LogP contribution in [0.5, 0.6) is 0 Å². The van der Waals surface area contributed by atoms with Crippen LogP contribution in [-0.2, 0) is 14.6 Å². The Hall–Kier alpha value is -1.21. The van der Waals surface area contributed by atoms with Crippen molar-refractivity contribution in [2.24, 2.45) is 0 Å². The maximum Gasteiger partial charge on any atom is 0.341 e. The zero-order chi connectivity index (χ0) is 15.0. The standard InChI is InChI=1S/C13H19F2NO3S/c1-2-9-19-10-3-8-16-11-4-6-12(7-5-11)20(17,18)13(14)15/h4-7,13,16H,2-3,8-10H2,1H3. The summed E-state index contributed by atoms with van der Waals surface area (Å²) in [6, 6.07) is 5.30. The smallest absolute Gasteiger partial charge is 0.341 e. The molecule has 20 heavy (non-hydrogen) atoms. The predicted molar refractivity (Wildman–Crippen MR) is 73.8 cm³/mol. The fourth-order valence-electron chi connectivity index (χ4n) is 1.52. The van der Waals surface area contributed by atoms with Gasteiger partial charge in [-0.3, -0.25) is 0 Å². The molecule has 1 rings (SSSR count). The molecule has 0 radical (unpaired) electrons. The summed E-state index contributed by atoms with van der Waals surface area (Å²) in [5, 5.41) is 3.07. The van der Waals surface area contributed by atoms with Crippen LogP contribution in [0.4, 0.5) is 14.5 Å². The Morgan fingerprint density at radius 1 is 1.20 bits per heavy atom. The molecule has 1 aromatic rings. The number of rotatable bonds is 9. The molecule has 0 saturated carbocycles. The molecule has 0 aliphatic heterocycles. The summed E-state index contributed by atoms with van der Waals surface area (Å²) >= 11 is 0. The van der Waals surface area contributed by atoms with Crippen molar-refractivity contribution in [2.75, 3.05) is 25.1 Å². The zero-order valence-electron chi connectivity index (χ0n) is 11.3. The van der Waals surface area contributed by atoms with Gasteiger partial charge in [0.15, 0.2) is 0 Å². The molecule has 0 aromatic heterocycles. The number of halogens is 2. The largest absolute Gasteiger partial charge is 0.385 e. The van der Waals surface area contributed by atoms with E-state index in [1.54, 1.807) is 0 Å². The molecule has 0 fully saturated rings. The van der Waals surface area contributed by atoms with Crippen LogP contribution >= 0.6 is 0 Å². The molecule has 4 nitrogen and oxygen atoms in total. The highest BCUT2D eigenvalue weighted by atomic mass is 32.2. The van der Waals surface area contributed by atoms with Crippen molar-refractivity contribution in [3.05, 3.63) is 24.3 Å². The van der Waals surface area contributed by atoms with Crippen molar-refractivity contribution < 1.29 is 21.9 Å². The molecule has 114 valence electrons. The molecular formula is C13H19F2NO3S. The van der Waals surface area contributed by atoms with Gasteiger partial charge in [-0.15, -0.1) is 0 Å². The SMILES string of the molecule is CCCOCCCNc1ccc(S(=O)(=O)C(F)F)cc1. The van der Waals surface area contributed by atoms with Crippen LogP contribution in [0.25, 0.3) is 0 Å². The summed E-state index contributed by atoms with van der Waals surface area (Å²) in [6.45, 7) is 4.09. The van der Waals surface area contributed by atoms with Crippen molar-refractivity contribution in [2.45, 2.75) is 30.4 Å². The Labute approximate surface area is 118 Å². The lowest BCUT2D eigenvalue weighted by Gasteiger charge is -2.08. The van der Waals surface area contributed by atoms with Gasteiger partial charge in [-0.05, 0) is 37.1 Å². The molecule has 0 spiro atoms. The van der Waals surface area contributed by atoms with Crippen molar-refractivity contribution in [1.82, 2.24) is 0 Å². The first-order valence-electron chi connectivity index (χ1n) is 6.42. The third-order valence-electron chi connectivity index (χ3n) is 2.56. The predicted octanol–water partition coefficient (Wildman–Crippen LogP) is 2.91. The minimum absolute atomic E-state index is 0.371. The van der Waals surface area contributed by atoms with Crippen LogP contribution in [0.15, 0.2) is 29.2 Å². The van der Waals surface area contributed by atoms with Crippen molar-refractivity contribution in [3.8, 4) is 0 Å². The Bertz CT molecular complexity index is 489. The normalized spacial score (nSPS) is 11.8. The third-order valence-corrected chi connectivity index (χ3v) is 3.96. The van der Waals surface area contributed by atoms with E-state index in [1.165, 1.54) is 24.3 Å². The maximum atomic E-state index is 12.3. The second kappa shape index (κ2) is 8.16. The lowest BCUT2D eigenvalue weighted by Crippen LogP contribution is -2.11. The molecule has 0 bridgehead atoms. The minimum atomic E-state index is -4.51. The molecular weight excluding hydrogens is 288 g/mol. The molecule has 0 aliphatic rings. The Morgan fingerprint density at radius 3 is 2.40 bits per heavy atom. The molecule has 7 heteroatoms. The van der Waals surface area contributed by atoms with Crippen molar-refractivity contribution in [1.29, 1.82) is 0 Å². The van der Waals surface area contributed by atoms with Gasteiger partial charge in [-0.1, -0.05) is 6.92 Å². The van der Waals surface area contributed by atoms with E-state index in [4.69, 9.17) is 4.74 Å². The van der Waals surface area contributed by atoms with E-state index in [-0.39, 0.29) is 4.90 Å². The molecule has 0 saturated heterocycles. The van der Waals surface area contributed by atoms with Gasteiger partial charge in [0.25, 0.3) is 0 Å². The summed E-state index contributed by atoms with van der Waals surface area (Å²) in [4.78, 5) is -0.371. The van der Waals surface area contributed by atoms with Crippen LogP contribution in [0.3, 0.4) is 0 Å². The highest BCUT2D eigenvalue weighted by molar-refractivity contribution is 7.91. The summed E-state index contributed by atoms with van der Waals surface area (Å²) in [6.07, 6.45) is 1.80. The first kappa shape index (κ1) is 16.8. The minimum Gasteiger partial charge on any atom is -0.385 e. The number of hydrogen-bond acceptors (Lipinski definition) is 4. The van der Waals surface area contributed by atoms with E-state index >= 15 is 0 Å². The van der Waals surface area contributed by atoms with Gasteiger partial charge in [0.1, 0.15) is 0 Å². The second-order valence-corrected chi connectivity index (χ2v) is 6.14. The van der Waals surface area contributed by atoms with Crippen LogP contribution in [0.2, 0.25) is 0 Å².